The average molecular weight is 354 g/mol. The van der Waals surface area contributed by atoms with Crippen molar-refractivity contribution in [1.82, 2.24) is 0 Å². The Hall–Kier alpha value is -1.03. The van der Waals surface area contributed by atoms with Crippen LogP contribution < -0.4 is 0 Å². The molecule has 0 saturated heterocycles. The second-order valence-electron chi connectivity index (χ2n) is 4.00. The molecule has 2 rings (SSSR count). The van der Waals surface area contributed by atoms with Crippen molar-refractivity contribution in [3.8, 4) is 5.75 Å². The number of benzene rings is 2. The lowest BCUT2D eigenvalue weighted by atomic mass is 10.2. The maximum atomic E-state index is 8.85. The first-order chi connectivity index (χ1) is 8.65. The summed E-state index contributed by atoms with van der Waals surface area (Å²) >= 11 is 2.31. The van der Waals surface area contributed by atoms with E-state index in [1.54, 1.807) is 12.1 Å². The fraction of sp³-hybridized carbons (Fsp3) is 0.250. The molecule has 0 aromatic heterocycles. The van der Waals surface area contributed by atoms with Crippen molar-refractivity contribution in [2.45, 2.75) is 26.7 Å². The van der Waals surface area contributed by atoms with E-state index in [1.807, 2.05) is 12.1 Å². The maximum Gasteiger partial charge on any atom is 0.115 e. The van der Waals surface area contributed by atoms with Crippen molar-refractivity contribution >= 4 is 22.6 Å². The van der Waals surface area contributed by atoms with E-state index in [-0.39, 0.29) is 0 Å². The maximum absolute atomic E-state index is 8.85. The topological polar surface area (TPSA) is 20.2 Å². The zero-order valence-corrected chi connectivity index (χ0v) is 13.0. The van der Waals surface area contributed by atoms with Crippen molar-refractivity contribution < 1.29 is 5.11 Å². The van der Waals surface area contributed by atoms with Crippen molar-refractivity contribution in [3.63, 3.8) is 0 Å². The van der Waals surface area contributed by atoms with Gasteiger partial charge in [0.2, 0.25) is 0 Å². The van der Waals surface area contributed by atoms with E-state index in [0.717, 1.165) is 12.8 Å². The van der Waals surface area contributed by atoms with Crippen LogP contribution >= 0.6 is 22.6 Å². The normalized spacial score (nSPS) is 9.50. The van der Waals surface area contributed by atoms with E-state index < -0.39 is 0 Å². The van der Waals surface area contributed by atoms with Crippen LogP contribution in [0.4, 0.5) is 0 Å². The summed E-state index contributed by atoms with van der Waals surface area (Å²) in [7, 11) is 0. The molecule has 1 N–H and O–H groups in total. The van der Waals surface area contributed by atoms with E-state index in [9.17, 15) is 0 Å². The zero-order valence-electron chi connectivity index (χ0n) is 10.9. The Morgan fingerprint density at radius 3 is 1.56 bits per heavy atom. The molecule has 2 aromatic rings. The molecule has 0 heterocycles. The molecule has 18 heavy (non-hydrogen) atoms. The van der Waals surface area contributed by atoms with Crippen LogP contribution in [0.1, 0.15) is 25.0 Å². The molecule has 0 radical (unpaired) electrons. The van der Waals surface area contributed by atoms with E-state index in [2.05, 4.69) is 60.7 Å². The third-order valence-electron chi connectivity index (χ3n) is 2.67. The van der Waals surface area contributed by atoms with Crippen LogP contribution in [0.15, 0.2) is 48.5 Å². The van der Waals surface area contributed by atoms with E-state index in [4.69, 9.17) is 5.11 Å². The van der Waals surface area contributed by atoms with Gasteiger partial charge < -0.3 is 5.11 Å². The largest absolute Gasteiger partial charge is 0.508 e. The fourth-order valence-corrected chi connectivity index (χ4v) is 1.81. The Bertz CT molecular complexity index is 400. The summed E-state index contributed by atoms with van der Waals surface area (Å²) in [4.78, 5) is 0. The lowest BCUT2D eigenvalue weighted by molar-refractivity contribution is 0.475. The molecule has 0 unspecified atom stereocenters. The van der Waals surface area contributed by atoms with Crippen LogP contribution in [0.25, 0.3) is 0 Å². The molecule has 0 fully saturated rings. The lowest BCUT2D eigenvalue weighted by Gasteiger charge is -1.93. The number of hydrogen-bond donors (Lipinski definition) is 1. The standard InChI is InChI=1S/C8H9I.C8H10O/c2*1-2-7-3-5-8(9)6-4-7/h3-6H,2H2,1H3;3-6,9H,2H2,1H3. The van der Waals surface area contributed by atoms with Crippen LogP contribution in [0.3, 0.4) is 0 Å². The second-order valence-corrected chi connectivity index (χ2v) is 5.25. The number of phenols is 1. The van der Waals surface area contributed by atoms with Gasteiger partial charge in [-0.15, -0.1) is 0 Å². The number of hydrogen-bond acceptors (Lipinski definition) is 1. The molecule has 96 valence electrons. The minimum atomic E-state index is 0.340. The summed E-state index contributed by atoms with van der Waals surface area (Å²) in [5.41, 5.74) is 2.67. The van der Waals surface area contributed by atoms with E-state index in [1.165, 1.54) is 14.7 Å². The molecular formula is C16H19IO. The van der Waals surface area contributed by atoms with Gasteiger partial charge in [-0.05, 0) is 70.8 Å². The molecule has 0 aliphatic carbocycles. The first-order valence-electron chi connectivity index (χ1n) is 6.18. The Labute approximate surface area is 123 Å². The SMILES string of the molecule is CCc1ccc(I)cc1.CCc1ccc(O)cc1. The minimum absolute atomic E-state index is 0.340. The molecule has 2 aromatic carbocycles. The first kappa shape index (κ1) is 15.0. The van der Waals surface area contributed by atoms with Gasteiger partial charge in [0, 0.05) is 3.57 Å². The molecule has 0 saturated carbocycles. The smallest absolute Gasteiger partial charge is 0.115 e. The highest BCUT2D eigenvalue weighted by molar-refractivity contribution is 14.1. The van der Waals surface area contributed by atoms with Crippen LogP contribution in [-0.4, -0.2) is 5.11 Å². The number of phenolic OH excluding ortho intramolecular Hbond substituents is 1. The van der Waals surface area contributed by atoms with Crippen molar-refractivity contribution in [2.24, 2.45) is 0 Å². The second kappa shape index (κ2) is 8.14. The average Bonchev–Trinajstić information content (AvgIpc) is 2.41. The molecule has 0 aliphatic heterocycles. The molecule has 0 amide bonds. The van der Waals surface area contributed by atoms with Gasteiger partial charge in [0.15, 0.2) is 0 Å². The first-order valence-corrected chi connectivity index (χ1v) is 7.26. The van der Waals surface area contributed by atoms with Crippen LogP contribution in [0.2, 0.25) is 0 Å². The van der Waals surface area contributed by atoms with E-state index in [0.29, 0.717) is 5.75 Å². The number of aryl methyl sites for hydroxylation is 2. The van der Waals surface area contributed by atoms with Crippen molar-refractivity contribution in [2.75, 3.05) is 0 Å². The summed E-state index contributed by atoms with van der Waals surface area (Å²) in [6.07, 6.45) is 2.16. The number of halogens is 1. The van der Waals surface area contributed by atoms with Crippen molar-refractivity contribution in [1.29, 1.82) is 0 Å². The Morgan fingerprint density at radius 1 is 0.778 bits per heavy atom. The molecule has 0 atom stereocenters. The molecule has 0 aliphatic rings. The predicted octanol–water partition coefficient (Wildman–Crippen LogP) is 4.81. The van der Waals surface area contributed by atoms with Gasteiger partial charge in [-0.3, -0.25) is 0 Å². The number of rotatable bonds is 2. The summed E-state index contributed by atoms with van der Waals surface area (Å²) in [6, 6.07) is 15.9. The van der Waals surface area contributed by atoms with Gasteiger partial charge in [0.1, 0.15) is 5.75 Å². The third kappa shape index (κ3) is 5.54. The quantitative estimate of drug-likeness (QED) is 0.768. The summed E-state index contributed by atoms with van der Waals surface area (Å²) < 4.78 is 1.31. The predicted molar refractivity (Wildman–Crippen MR) is 86.0 cm³/mol. The van der Waals surface area contributed by atoms with Gasteiger partial charge in [0.25, 0.3) is 0 Å². The van der Waals surface area contributed by atoms with E-state index >= 15 is 0 Å². The van der Waals surface area contributed by atoms with Gasteiger partial charge in [0.05, 0.1) is 0 Å². The molecule has 0 bridgehead atoms. The van der Waals surface area contributed by atoms with Crippen LogP contribution in [-0.2, 0) is 12.8 Å². The Morgan fingerprint density at radius 2 is 1.17 bits per heavy atom. The number of aromatic hydroxyl groups is 1. The summed E-state index contributed by atoms with van der Waals surface area (Å²) in [5.74, 6) is 0.340. The molecule has 2 heteroatoms. The van der Waals surface area contributed by atoms with Gasteiger partial charge in [-0.25, -0.2) is 0 Å². The molecule has 1 nitrogen and oxygen atoms in total. The van der Waals surface area contributed by atoms with Crippen LogP contribution in [0.5, 0.6) is 5.75 Å². The monoisotopic (exact) mass is 354 g/mol. The van der Waals surface area contributed by atoms with Crippen molar-refractivity contribution in [3.05, 3.63) is 63.2 Å². The highest BCUT2D eigenvalue weighted by Crippen LogP contribution is 2.09. The highest BCUT2D eigenvalue weighted by atomic mass is 127. The lowest BCUT2D eigenvalue weighted by Crippen LogP contribution is -1.77. The Kier molecular flexibility index (Phi) is 6.80. The van der Waals surface area contributed by atoms with Gasteiger partial charge in [-0.2, -0.15) is 0 Å². The highest BCUT2D eigenvalue weighted by Gasteiger charge is 1.87. The summed E-state index contributed by atoms with van der Waals surface area (Å²) in [5, 5.41) is 8.85. The fourth-order valence-electron chi connectivity index (χ4n) is 1.45. The summed E-state index contributed by atoms with van der Waals surface area (Å²) in [6.45, 7) is 4.26. The Balaban J connectivity index is 0.000000180. The van der Waals surface area contributed by atoms with Gasteiger partial charge >= 0.3 is 0 Å². The molecule has 0 spiro atoms. The third-order valence-corrected chi connectivity index (χ3v) is 3.39. The zero-order chi connectivity index (χ0) is 13.4. The van der Waals surface area contributed by atoms with Crippen LogP contribution in [0, 0.1) is 3.57 Å². The van der Waals surface area contributed by atoms with Gasteiger partial charge in [-0.1, -0.05) is 38.1 Å². The molecular weight excluding hydrogens is 335 g/mol. The minimum Gasteiger partial charge on any atom is -0.508 e.